The molecule has 0 amide bonds. The number of ether oxygens (including phenoxy) is 1. The van der Waals surface area contributed by atoms with E-state index in [1.165, 1.54) is 11.1 Å². The second-order valence-electron chi connectivity index (χ2n) is 3.07. The van der Waals surface area contributed by atoms with Gasteiger partial charge in [0.25, 0.3) is 5.56 Å². The van der Waals surface area contributed by atoms with E-state index in [0.717, 1.165) is 11.5 Å². The normalized spacial score (nSPS) is 10.6. The molecule has 0 saturated carbocycles. The highest BCUT2D eigenvalue weighted by Gasteiger charge is 2.16. The Bertz CT molecular complexity index is 620. The van der Waals surface area contributed by atoms with Crippen LogP contribution < -0.4 is 10.3 Å². The molecule has 0 aliphatic carbocycles. The third-order valence-electron chi connectivity index (χ3n) is 2.09. The number of methoxy groups -OCH3 is 1. The summed E-state index contributed by atoms with van der Waals surface area (Å²) in [6, 6.07) is 5.09. The van der Waals surface area contributed by atoms with Crippen LogP contribution in [0.3, 0.4) is 0 Å². The van der Waals surface area contributed by atoms with E-state index in [2.05, 4.69) is 0 Å². The summed E-state index contributed by atoms with van der Waals surface area (Å²) in [4.78, 5) is 11.8. The summed E-state index contributed by atoms with van der Waals surface area (Å²) in [6.07, 6.45) is 0. The number of rotatable bonds is 2. The Balaban J connectivity index is 2.73. The average molecular weight is 311 g/mol. The van der Waals surface area contributed by atoms with Crippen LogP contribution in [-0.4, -0.2) is 11.1 Å². The van der Waals surface area contributed by atoms with Gasteiger partial charge in [-0.05, 0) is 23.7 Å². The largest absolute Gasteiger partial charge is 0.493 e. The Morgan fingerprint density at radius 1 is 1.29 bits per heavy atom. The van der Waals surface area contributed by atoms with Crippen molar-refractivity contribution in [1.82, 2.24) is 3.96 Å². The molecule has 2 aromatic rings. The highest BCUT2D eigenvalue weighted by atomic mass is 35.5. The van der Waals surface area contributed by atoms with Crippen LogP contribution in [0.4, 0.5) is 0 Å². The molecule has 0 fully saturated rings. The molecule has 0 bridgehead atoms. The quantitative estimate of drug-likeness (QED) is 0.843. The molecule has 0 N–H and O–H groups in total. The van der Waals surface area contributed by atoms with E-state index in [1.54, 1.807) is 18.2 Å². The van der Waals surface area contributed by atoms with E-state index in [4.69, 9.17) is 39.5 Å². The fraction of sp³-hybridized carbons (Fsp3) is 0.100. The van der Waals surface area contributed by atoms with Gasteiger partial charge in [0, 0.05) is 0 Å². The van der Waals surface area contributed by atoms with Crippen LogP contribution in [0.25, 0.3) is 5.69 Å². The van der Waals surface area contributed by atoms with Crippen molar-refractivity contribution in [2.24, 2.45) is 0 Å². The Labute approximate surface area is 116 Å². The summed E-state index contributed by atoms with van der Waals surface area (Å²) in [6.45, 7) is 0. The predicted molar refractivity (Wildman–Crippen MR) is 71.5 cm³/mol. The van der Waals surface area contributed by atoms with Crippen molar-refractivity contribution in [3.8, 4) is 11.4 Å². The monoisotopic (exact) mass is 309 g/mol. The molecule has 0 atom stereocenters. The maximum absolute atomic E-state index is 11.8. The van der Waals surface area contributed by atoms with Crippen LogP contribution in [0.5, 0.6) is 5.75 Å². The standard InChI is InChI=1S/C10H6Cl3NO2S/c1-16-8-5(11)3-2-4-6(8)14-10(15)7(12)9(13)17-14/h2-4H,1H3. The van der Waals surface area contributed by atoms with Gasteiger partial charge in [0.15, 0.2) is 5.75 Å². The number of para-hydroxylation sites is 1. The lowest BCUT2D eigenvalue weighted by Crippen LogP contribution is -2.12. The van der Waals surface area contributed by atoms with Crippen molar-refractivity contribution in [1.29, 1.82) is 0 Å². The highest BCUT2D eigenvalue weighted by Crippen LogP contribution is 2.34. The summed E-state index contributed by atoms with van der Waals surface area (Å²) < 4.78 is 6.74. The molecule has 0 spiro atoms. The van der Waals surface area contributed by atoms with Crippen LogP contribution in [0.1, 0.15) is 0 Å². The molecule has 0 radical (unpaired) electrons. The molecule has 1 heterocycles. The number of hydrogen-bond acceptors (Lipinski definition) is 3. The molecule has 90 valence electrons. The van der Waals surface area contributed by atoms with E-state index in [0.29, 0.717) is 16.5 Å². The Morgan fingerprint density at radius 3 is 2.53 bits per heavy atom. The maximum atomic E-state index is 11.8. The van der Waals surface area contributed by atoms with Crippen LogP contribution in [0.15, 0.2) is 23.0 Å². The predicted octanol–water partition coefficient (Wildman–Crippen LogP) is 3.87. The molecule has 0 saturated heterocycles. The molecule has 2 rings (SSSR count). The highest BCUT2D eigenvalue weighted by molar-refractivity contribution is 7.12. The molecule has 3 nitrogen and oxygen atoms in total. The van der Waals surface area contributed by atoms with Crippen molar-refractivity contribution in [3.05, 3.63) is 42.9 Å². The van der Waals surface area contributed by atoms with Crippen molar-refractivity contribution < 1.29 is 4.74 Å². The maximum Gasteiger partial charge on any atom is 0.285 e. The lowest BCUT2D eigenvalue weighted by molar-refractivity contribution is 0.413. The third-order valence-corrected chi connectivity index (χ3v) is 4.25. The van der Waals surface area contributed by atoms with Gasteiger partial charge >= 0.3 is 0 Å². The van der Waals surface area contributed by atoms with Crippen LogP contribution >= 0.6 is 46.3 Å². The Kier molecular flexibility index (Phi) is 3.68. The van der Waals surface area contributed by atoms with E-state index < -0.39 is 0 Å². The number of aromatic nitrogens is 1. The third kappa shape index (κ3) is 2.18. The summed E-state index contributed by atoms with van der Waals surface area (Å²) in [5.74, 6) is 0.408. The van der Waals surface area contributed by atoms with Gasteiger partial charge in [-0.3, -0.25) is 4.79 Å². The SMILES string of the molecule is COc1c(Cl)cccc1-n1sc(Cl)c(Cl)c1=O. The topological polar surface area (TPSA) is 31.2 Å². The van der Waals surface area contributed by atoms with E-state index >= 15 is 0 Å². The van der Waals surface area contributed by atoms with Gasteiger partial charge in [0.2, 0.25) is 0 Å². The fourth-order valence-corrected chi connectivity index (χ4v) is 2.87. The average Bonchev–Trinajstić information content (AvgIpc) is 2.56. The smallest absolute Gasteiger partial charge is 0.285 e. The minimum Gasteiger partial charge on any atom is -0.493 e. The molecule has 0 aliphatic heterocycles. The first-order valence-corrected chi connectivity index (χ1v) is 6.37. The zero-order valence-electron chi connectivity index (χ0n) is 8.54. The van der Waals surface area contributed by atoms with Crippen molar-refractivity contribution >= 4 is 46.3 Å². The van der Waals surface area contributed by atoms with Crippen molar-refractivity contribution in [2.45, 2.75) is 0 Å². The molecule has 0 unspecified atom stereocenters. The van der Waals surface area contributed by atoms with Gasteiger partial charge in [-0.1, -0.05) is 40.9 Å². The van der Waals surface area contributed by atoms with E-state index in [1.807, 2.05) is 0 Å². The van der Waals surface area contributed by atoms with E-state index in [9.17, 15) is 4.79 Å². The zero-order chi connectivity index (χ0) is 12.6. The number of benzene rings is 1. The lowest BCUT2D eigenvalue weighted by Gasteiger charge is -2.08. The molecule has 7 heteroatoms. The lowest BCUT2D eigenvalue weighted by atomic mass is 10.3. The molecule has 1 aromatic carbocycles. The van der Waals surface area contributed by atoms with Crippen LogP contribution in [0.2, 0.25) is 14.4 Å². The van der Waals surface area contributed by atoms with Gasteiger partial charge in [-0.25, -0.2) is 3.96 Å². The first-order chi connectivity index (χ1) is 8.06. The summed E-state index contributed by atoms with van der Waals surface area (Å²) in [7, 11) is 1.48. The Morgan fingerprint density at radius 2 is 2.00 bits per heavy atom. The Hall–Kier alpha value is -0.680. The zero-order valence-corrected chi connectivity index (χ0v) is 11.6. The minimum atomic E-state index is -0.387. The summed E-state index contributed by atoms with van der Waals surface area (Å²) in [5, 5.41) is 0.413. The van der Waals surface area contributed by atoms with Gasteiger partial charge in [0.1, 0.15) is 15.0 Å². The second-order valence-corrected chi connectivity index (χ2v) is 5.41. The fourth-order valence-electron chi connectivity index (χ4n) is 1.35. The number of nitrogens with zero attached hydrogens (tertiary/aromatic N) is 1. The first kappa shape index (κ1) is 12.8. The number of hydrogen-bond donors (Lipinski definition) is 0. The summed E-state index contributed by atoms with van der Waals surface area (Å²) >= 11 is 18.6. The van der Waals surface area contributed by atoms with Crippen molar-refractivity contribution in [2.75, 3.05) is 7.11 Å². The minimum absolute atomic E-state index is 0.00121. The van der Waals surface area contributed by atoms with Gasteiger partial charge in [-0.2, -0.15) is 0 Å². The van der Waals surface area contributed by atoms with E-state index in [-0.39, 0.29) is 14.9 Å². The van der Waals surface area contributed by atoms with Gasteiger partial charge in [0.05, 0.1) is 12.1 Å². The number of halogens is 3. The van der Waals surface area contributed by atoms with Crippen molar-refractivity contribution in [3.63, 3.8) is 0 Å². The molecular weight excluding hydrogens is 305 g/mol. The summed E-state index contributed by atoms with van der Waals surface area (Å²) in [5.41, 5.74) is 0.131. The van der Waals surface area contributed by atoms with Gasteiger partial charge < -0.3 is 4.74 Å². The molecule has 0 aliphatic rings. The molecule has 17 heavy (non-hydrogen) atoms. The molecule has 1 aromatic heterocycles. The van der Waals surface area contributed by atoms with Crippen LogP contribution in [-0.2, 0) is 0 Å². The van der Waals surface area contributed by atoms with Gasteiger partial charge in [-0.15, -0.1) is 0 Å². The first-order valence-electron chi connectivity index (χ1n) is 4.46. The second kappa shape index (κ2) is 4.90. The van der Waals surface area contributed by atoms with Crippen LogP contribution in [0, 0.1) is 0 Å². The molecular formula is C10H6Cl3NO2S.